The maximum absolute atomic E-state index is 12.1. The predicted octanol–water partition coefficient (Wildman–Crippen LogP) is 1.53. The topological polar surface area (TPSA) is 59.3 Å². The molecule has 0 saturated heterocycles. The first-order valence-corrected chi connectivity index (χ1v) is 5.72. The van der Waals surface area contributed by atoms with Crippen molar-refractivity contribution in [1.29, 1.82) is 0 Å². The van der Waals surface area contributed by atoms with Gasteiger partial charge in [0, 0.05) is 23.9 Å². The summed E-state index contributed by atoms with van der Waals surface area (Å²) >= 11 is 0. The highest BCUT2D eigenvalue weighted by Crippen LogP contribution is 2.33. The van der Waals surface area contributed by atoms with Crippen LogP contribution in [0.4, 0.5) is 0 Å². The van der Waals surface area contributed by atoms with E-state index in [9.17, 15) is 9.59 Å². The quantitative estimate of drug-likeness (QED) is 0.811. The Morgan fingerprint density at radius 1 is 0.944 bits per heavy atom. The summed E-state index contributed by atoms with van der Waals surface area (Å²) in [4.78, 5) is 24.1. The Labute approximate surface area is 103 Å². The lowest BCUT2D eigenvalue weighted by Crippen LogP contribution is -2.24. The van der Waals surface area contributed by atoms with E-state index in [4.69, 9.17) is 5.11 Å². The van der Waals surface area contributed by atoms with E-state index >= 15 is 0 Å². The largest absolute Gasteiger partial charge is 0.395 e. The van der Waals surface area contributed by atoms with Gasteiger partial charge in [0.1, 0.15) is 5.69 Å². The number of carbonyl (C=O) groups excluding carboxylic acids is 2. The minimum Gasteiger partial charge on any atom is -0.395 e. The van der Waals surface area contributed by atoms with Crippen LogP contribution in [0.3, 0.4) is 0 Å². The maximum atomic E-state index is 12.1. The molecule has 0 radical (unpaired) electrons. The summed E-state index contributed by atoms with van der Waals surface area (Å²) in [5.74, 6) is -0.974. The molecule has 0 amide bonds. The Morgan fingerprint density at radius 3 is 2.39 bits per heavy atom. The molecule has 90 valence electrons. The molecule has 1 aromatic carbocycles. The van der Waals surface area contributed by atoms with E-state index in [-0.39, 0.29) is 6.61 Å². The molecule has 0 fully saturated rings. The lowest BCUT2D eigenvalue weighted by atomic mass is 9.88. The van der Waals surface area contributed by atoms with E-state index in [1.165, 1.54) is 0 Å². The molecule has 4 heteroatoms. The number of carbonyl (C=O) groups is 2. The molecule has 0 bridgehead atoms. The summed E-state index contributed by atoms with van der Waals surface area (Å²) in [6, 6.07) is 8.91. The van der Waals surface area contributed by atoms with Gasteiger partial charge in [0.25, 0.3) is 0 Å². The second-order valence-corrected chi connectivity index (χ2v) is 4.20. The Hall–Kier alpha value is -2.20. The van der Waals surface area contributed by atoms with E-state index in [0.29, 0.717) is 17.8 Å². The first kappa shape index (κ1) is 10.9. The van der Waals surface area contributed by atoms with Gasteiger partial charge in [0.2, 0.25) is 11.6 Å². The van der Waals surface area contributed by atoms with Crippen molar-refractivity contribution in [3.8, 4) is 11.1 Å². The van der Waals surface area contributed by atoms with Crippen molar-refractivity contribution in [3.05, 3.63) is 47.8 Å². The third-order valence-electron chi connectivity index (χ3n) is 3.19. The van der Waals surface area contributed by atoms with E-state index in [2.05, 4.69) is 0 Å². The number of ketones is 2. The van der Waals surface area contributed by atoms with Gasteiger partial charge >= 0.3 is 0 Å². The summed E-state index contributed by atoms with van der Waals surface area (Å²) in [7, 11) is 0. The standard InChI is InChI=1S/C14H11NO3/c16-8-7-15-6-5-10-9-3-1-2-4-11(9)13(17)14(18)12(10)15/h1-6,16H,7-8H2. The molecule has 18 heavy (non-hydrogen) atoms. The minimum absolute atomic E-state index is 0.0652. The van der Waals surface area contributed by atoms with Crippen LogP contribution >= 0.6 is 0 Å². The summed E-state index contributed by atoms with van der Waals surface area (Å²) in [6.45, 7) is 0.251. The van der Waals surface area contributed by atoms with Gasteiger partial charge in [-0.25, -0.2) is 0 Å². The summed E-state index contributed by atoms with van der Waals surface area (Å²) in [5, 5.41) is 8.97. The van der Waals surface area contributed by atoms with E-state index in [1.54, 1.807) is 22.9 Å². The van der Waals surface area contributed by atoms with Crippen LogP contribution < -0.4 is 0 Å². The van der Waals surface area contributed by atoms with Gasteiger partial charge in [0.15, 0.2) is 0 Å². The second kappa shape index (κ2) is 3.92. The average Bonchev–Trinajstić information content (AvgIpc) is 2.81. The third kappa shape index (κ3) is 1.36. The summed E-state index contributed by atoms with van der Waals surface area (Å²) in [6.07, 6.45) is 1.73. The highest BCUT2D eigenvalue weighted by atomic mass is 16.3. The molecule has 1 heterocycles. The minimum atomic E-state index is -0.498. The number of fused-ring (bicyclic) bond motifs is 3. The Morgan fingerprint density at radius 2 is 1.67 bits per heavy atom. The molecule has 1 aliphatic rings. The highest BCUT2D eigenvalue weighted by Gasteiger charge is 2.32. The van der Waals surface area contributed by atoms with Crippen molar-refractivity contribution < 1.29 is 14.7 Å². The molecule has 1 aliphatic carbocycles. The second-order valence-electron chi connectivity index (χ2n) is 4.20. The summed E-state index contributed by atoms with van der Waals surface area (Å²) in [5.41, 5.74) is 2.39. The zero-order valence-electron chi connectivity index (χ0n) is 9.59. The van der Waals surface area contributed by atoms with Crippen molar-refractivity contribution >= 4 is 11.6 Å². The molecular weight excluding hydrogens is 230 g/mol. The van der Waals surface area contributed by atoms with E-state index in [1.807, 2.05) is 18.2 Å². The Balaban J connectivity index is 2.28. The number of aliphatic hydroxyl groups excluding tert-OH is 1. The van der Waals surface area contributed by atoms with Crippen LogP contribution in [0.5, 0.6) is 0 Å². The molecule has 1 aromatic heterocycles. The molecule has 0 atom stereocenters. The normalized spacial score (nSPS) is 13.4. The van der Waals surface area contributed by atoms with Crippen LogP contribution in [0.25, 0.3) is 11.1 Å². The highest BCUT2D eigenvalue weighted by molar-refractivity contribution is 6.52. The molecule has 0 unspecified atom stereocenters. The Bertz CT molecular complexity index is 655. The van der Waals surface area contributed by atoms with Gasteiger partial charge in [-0.2, -0.15) is 0 Å². The van der Waals surface area contributed by atoms with Crippen molar-refractivity contribution in [3.63, 3.8) is 0 Å². The van der Waals surface area contributed by atoms with Crippen LogP contribution in [0.1, 0.15) is 20.8 Å². The number of Topliss-reactive ketones (excluding diaryl/α,β-unsaturated/α-hetero) is 2. The Kier molecular flexibility index (Phi) is 2.38. The van der Waals surface area contributed by atoms with Gasteiger partial charge in [-0.3, -0.25) is 9.59 Å². The molecule has 4 nitrogen and oxygen atoms in total. The zero-order valence-corrected chi connectivity index (χ0v) is 9.59. The van der Waals surface area contributed by atoms with Crippen molar-refractivity contribution in [2.75, 3.05) is 6.61 Å². The molecule has 3 rings (SSSR count). The lowest BCUT2D eigenvalue weighted by Gasteiger charge is -2.16. The molecule has 1 N–H and O–H groups in total. The van der Waals surface area contributed by atoms with Crippen molar-refractivity contribution in [1.82, 2.24) is 4.57 Å². The fourth-order valence-corrected chi connectivity index (χ4v) is 2.38. The number of aliphatic hydroxyl groups is 1. The molecule has 0 spiro atoms. The molecule has 0 saturated carbocycles. The van der Waals surface area contributed by atoms with Gasteiger partial charge in [0.05, 0.1) is 6.61 Å². The van der Waals surface area contributed by atoms with Crippen LogP contribution in [0, 0.1) is 0 Å². The van der Waals surface area contributed by atoms with Gasteiger partial charge in [-0.05, 0) is 11.6 Å². The maximum Gasteiger partial charge on any atom is 0.250 e. The number of rotatable bonds is 2. The SMILES string of the molecule is O=C1C(=O)c2c(ccn2CCO)-c2ccccc21. The van der Waals surface area contributed by atoms with Gasteiger partial charge < -0.3 is 9.67 Å². The van der Waals surface area contributed by atoms with E-state index < -0.39 is 11.6 Å². The van der Waals surface area contributed by atoms with Crippen LogP contribution in [0.2, 0.25) is 0 Å². The van der Waals surface area contributed by atoms with Crippen LogP contribution in [0.15, 0.2) is 36.5 Å². The number of hydrogen-bond acceptors (Lipinski definition) is 3. The van der Waals surface area contributed by atoms with Crippen LogP contribution in [-0.4, -0.2) is 27.8 Å². The van der Waals surface area contributed by atoms with Gasteiger partial charge in [-0.1, -0.05) is 24.3 Å². The number of benzene rings is 1. The predicted molar refractivity (Wildman–Crippen MR) is 65.6 cm³/mol. The summed E-state index contributed by atoms with van der Waals surface area (Å²) < 4.78 is 1.63. The molecule has 2 aromatic rings. The van der Waals surface area contributed by atoms with E-state index in [0.717, 1.165) is 11.1 Å². The average molecular weight is 241 g/mol. The third-order valence-corrected chi connectivity index (χ3v) is 3.19. The van der Waals surface area contributed by atoms with Crippen molar-refractivity contribution in [2.45, 2.75) is 6.54 Å². The number of aromatic nitrogens is 1. The van der Waals surface area contributed by atoms with Gasteiger partial charge in [-0.15, -0.1) is 0 Å². The van der Waals surface area contributed by atoms with Crippen LogP contribution in [-0.2, 0) is 6.54 Å². The zero-order chi connectivity index (χ0) is 12.7. The fraction of sp³-hybridized carbons (Fsp3) is 0.143. The fourth-order valence-electron chi connectivity index (χ4n) is 2.38. The number of hydrogen-bond donors (Lipinski definition) is 1. The first-order chi connectivity index (χ1) is 8.74. The lowest BCUT2D eigenvalue weighted by molar-refractivity contribution is 0.0809. The molecule has 0 aliphatic heterocycles. The number of nitrogens with zero attached hydrogens (tertiary/aromatic N) is 1. The monoisotopic (exact) mass is 241 g/mol. The molecular formula is C14H11NO3. The smallest absolute Gasteiger partial charge is 0.250 e. The van der Waals surface area contributed by atoms with Crippen molar-refractivity contribution in [2.24, 2.45) is 0 Å². The first-order valence-electron chi connectivity index (χ1n) is 5.72.